The quantitative estimate of drug-likeness (QED) is 0.653. The van der Waals surface area contributed by atoms with Gasteiger partial charge in [-0.1, -0.05) is 34.5 Å². The summed E-state index contributed by atoms with van der Waals surface area (Å²) in [6, 6.07) is 5.19. The van der Waals surface area contributed by atoms with E-state index in [1.165, 1.54) is 17.4 Å². The lowest BCUT2D eigenvalue weighted by Gasteiger charge is -2.06. The third-order valence-electron chi connectivity index (χ3n) is 3.38. The minimum Gasteiger partial charge on any atom is -0.497 e. The fraction of sp³-hybridized carbons (Fsp3) is 0.200. The number of hydrogen-bond acceptors (Lipinski definition) is 5. The highest BCUT2D eigenvalue weighted by Gasteiger charge is 2.16. The third kappa shape index (κ3) is 3.04. The van der Waals surface area contributed by atoms with Gasteiger partial charge < -0.3 is 14.0 Å². The average molecular weight is 403 g/mol. The third-order valence-corrected chi connectivity index (χ3v) is 5.94. The standard InChI is InChI=1S/C15H12Cl2N2O3S2/c1-19-12-9(22-3)4-7(21-2)5-10(12)23-15(19)18-14(20)8-6-11(16)24-13(8)17/h4-6H,1-3H3. The molecule has 0 saturated heterocycles. The molecule has 0 radical (unpaired) electrons. The predicted molar refractivity (Wildman–Crippen MR) is 98.1 cm³/mol. The van der Waals surface area contributed by atoms with Crippen LogP contribution in [0.15, 0.2) is 23.2 Å². The van der Waals surface area contributed by atoms with Crippen molar-refractivity contribution in [1.82, 2.24) is 4.57 Å². The van der Waals surface area contributed by atoms with Gasteiger partial charge in [0.1, 0.15) is 21.4 Å². The Morgan fingerprint density at radius 3 is 2.50 bits per heavy atom. The number of thiophene rings is 1. The number of rotatable bonds is 3. The summed E-state index contributed by atoms with van der Waals surface area (Å²) in [6.45, 7) is 0. The molecule has 0 atom stereocenters. The van der Waals surface area contributed by atoms with Gasteiger partial charge in [-0.25, -0.2) is 0 Å². The van der Waals surface area contributed by atoms with Crippen LogP contribution in [-0.4, -0.2) is 24.7 Å². The van der Waals surface area contributed by atoms with Gasteiger partial charge in [-0.15, -0.1) is 11.3 Å². The zero-order valence-electron chi connectivity index (χ0n) is 12.9. The van der Waals surface area contributed by atoms with Gasteiger partial charge in [0.05, 0.1) is 28.8 Å². The number of methoxy groups -OCH3 is 2. The zero-order valence-corrected chi connectivity index (χ0v) is 16.1. The lowest BCUT2D eigenvalue weighted by atomic mass is 10.3. The number of aromatic nitrogens is 1. The highest BCUT2D eigenvalue weighted by atomic mass is 35.5. The van der Waals surface area contributed by atoms with Gasteiger partial charge in [-0.05, 0) is 12.1 Å². The van der Waals surface area contributed by atoms with Gasteiger partial charge in [0.15, 0.2) is 4.80 Å². The van der Waals surface area contributed by atoms with Crippen LogP contribution in [0.3, 0.4) is 0 Å². The first-order valence-electron chi connectivity index (χ1n) is 6.70. The van der Waals surface area contributed by atoms with E-state index in [9.17, 15) is 4.79 Å². The van der Waals surface area contributed by atoms with Crippen molar-refractivity contribution in [3.8, 4) is 11.5 Å². The van der Waals surface area contributed by atoms with Gasteiger partial charge in [0.2, 0.25) is 0 Å². The van der Waals surface area contributed by atoms with E-state index in [0.717, 1.165) is 21.6 Å². The van der Waals surface area contributed by atoms with Crippen LogP contribution in [0.4, 0.5) is 0 Å². The van der Waals surface area contributed by atoms with Gasteiger partial charge in [0.25, 0.3) is 5.91 Å². The summed E-state index contributed by atoms with van der Waals surface area (Å²) in [6.07, 6.45) is 0. The number of amides is 1. The van der Waals surface area contributed by atoms with Crippen LogP contribution in [0.25, 0.3) is 10.2 Å². The number of carbonyl (C=O) groups excluding carboxylic acids is 1. The molecule has 0 fully saturated rings. The minimum absolute atomic E-state index is 0.300. The van der Waals surface area contributed by atoms with Crippen molar-refractivity contribution < 1.29 is 14.3 Å². The summed E-state index contributed by atoms with van der Waals surface area (Å²) in [5.41, 5.74) is 1.14. The molecule has 0 aliphatic rings. The Morgan fingerprint density at radius 1 is 1.17 bits per heavy atom. The van der Waals surface area contributed by atoms with Crippen molar-refractivity contribution in [3.05, 3.63) is 37.2 Å². The molecule has 1 amide bonds. The summed E-state index contributed by atoms with van der Waals surface area (Å²) in [7, 11) is 4.99. The first kappa shape index (κ1) is 17.3. The van der Waals surface area contributed by atoms with Crippen molar-refractivity contribution in [1.29, 1.82) is 0 Å². The van der Waals surface area contributed by atoms with Crippen molar-refractivity contribution in [3.63, 3.8) is 0 Å². The van der Waals surface area contributed by atoms with E-state index in [4.69, 9.17) is 32.7 Å². The van der Waals surface area contributed by atoms with Crippen LogP contribution >= 0.6 is 45.9 Å². The highest BCUT2D eigenvalue weighted by Crippen LogP contribution is 2.33. The summed E-state index contributed by atoms with van der Waals surface area (Å²) >= 11 is 14.4. The number of hydrogen-bond donors (Lipinski definition) is 0. The van der Waals surface area contributed by atoms with Crippen molar-refractivity contribution >= 4 is 62.0 Å². The number of fused-ring (bicyclic) bond motifs is 1. The van der Waals surface area contributed by atoms with Gasteiger partial charge >= 0.3 is 0 Å². The van der Waals surface area contributed by atoms with E-state index >= 15 is 0 Å². The number of benzene rings is 1. The molecule has 0 unspecified atom stereocenters. The largest absolute Gasteiger partial charge is 0.497 e. The average Bonchev–Trinajstić information content (AvgIpc) is 3.06. The van der Waals surface area contributed by atoms with Crippen LogP contribution in [0, 0.1) is 0 Å². The van der Waals surface area contributed by atoms with Gasteiger partial charge in [-0.2, -0.15) is 4.99 Å². The molecule has 0 bridgehead atoms. The molecule has 0 aliphatic heterocycles. The number of carbonyl (C=O) groups is 1. The summed E-state index contributed by atoms with van der Waals surface area (Å²) in [5, 5.41) is 0. The fourth-order valence-corrected chi connectivity index (χ4v) is 4.74. The Morgan fingerprint density at radius 2 is 1.92 bits per heavy atom. The highest BCUT2D eigenvalue weighted by molar-refractivity contribution is 7.20. The maximum Gasteiger partial charge on any atom is 0.282 e. The van der Waals surface area contributed by atoms with Crippen molar-refractivity contribution in [2.24, 2.45) is 12.0 Å². The molecule has 0 N–H and O–H groups in total. The van der Waals surface area contributed by atoms with Crippen LogP contribution < -0.4 is 14.3 Å². The Bertz CT molecular complexity index is 1000. The van der Waals surface area contributed by atoms with E-state index in [-0.39, 0.29) is 0 Å². The van der Waals surface area contributed by atoms with E-state index in [1.807, 2.05) is 13.1 Å². The van der Waals surface area contributed by atoms with E-state index < -0.39 is 5.91 Å². The smallest absolute Gasteiger partial charge is 0.282 e. The van der Waals surface area contributed by atoms with Crippen LogP contribution in [-0.2, 0) is 7.05 Å². The molecule has 3 rings (SSSR count). The maximum absolute atomic E-state index is 12.4. The Balaban J connectivity index is 2.18. The van der Waals surface area contributed by atoms with Gasteiger partial charge in [-0.3, -0.25) is 4.79 Å². The van der Waals surface area contributed by atoms with E-state index in [1.54, 1.807) is 24.9 Å². The molecule has 1 aromatic carbocycles. The Labute approximate surface area is 155 Å². The minimum atomic E-state index is -0.434. The second kappa shape index (κ2) is 6.76. The molecular formula is C15H12Cl2N2O3S2. The lowest BCUT2D eigenvalue weighted by molar-refractivity contribution is 0.0998. The Kier molecular flexibility index (Phi) is 4.87. The summed E-state index contributed by atoms with van der Waals surface area (Å²) in [4.78, 5) is 17.1. The number of halogens is 2. The molecule has 0 aliphatic carbocycles. The number of aryl methyl sites for hydroxylation is 1. The first-order valence-corrected chi connectivity index (χ1v) is 9.09. The molecule has 0 spiro atoms. The molecule has 2 aromatic heterocycles. The van der Waals surface area contributed by atoms with E-state index in [2.05, 4.69) is 4.99 Å². The number of thiazole rings is 1. The molecule has 0 saturated carbocycles. The molecule has 5 nitrogen and oxygen atoms in total. The molecule has 3 aromatic rings. The van der Waals surface area contributed by atoms with Crippen molar-refractivity contribution in [2.45, 2.75) is 0 Å². The first-order chi connectivity index (χ1) is 11.4. The van der Waals surface area contributed by atoms with Crippen LogP contribution in [0.5, 0.6) is 11.5 Å². The topological polar surface area (TPSA) is 52.8 Å². The molecule has 24 heavy (non-hydrogen) atoms. The van der Waals surface area contributed by atoms with Gasteiger partial charge in [0, 0.05) is 13.1 Å². The maximum atomic E-state index is 12.4. The molecular weight excluding hydrogens is 391 g/mol. The predicted octanol–water partition coefficient (Wildman–Crippen LogP) is 4.37. The lowest BCUT2D eigenvalue weighted by Crippen LogP contribution is -2.13. The summed E-state index contributed by atoms with van der Waals surface area (Å²) < 4.78 is 14.2. The SMILES string of the molecule is COc1cc(OC)c2c(c1)sc(=NC(=O)c1cc(Cl)sc1Cl)n2C. The van der Waals surface area contributed by atoms with Crippen molar-refractivity contribution in [2.75, 3.05) is 14.2 Å². The number of ether oxygens (including phenoxy) is 2. The molecule has 126 valence electrons. The monoisotopic (exact) mass is 402 g/mol. The van der Waals surface area contributed by atoms with Crippen LogP contribution in [0.2, 0.25) is 8.67 Å². The van der Waals surface area contributed by atoms with Crippen LogP contribution in [0.1, 0.15) is 10.4 Å². The number of nitrogens with zero attached hydrogens (tertiary/aromatic N) is 2. The second-order valence-electron chi connectivity index (χ2n) is 4.77. The second-order valence-corrected chi connectivity index (χ2v) is 8.07. The fourth-order valence-electron chi connectivity index (χ4n) is 2.23. The molecule has 2 heterocycles. The molecule has 9 heteroatoms. The zero-order chi connectivity index (χ0) is 17.4. The van der Waals surface area contributed by atoms with E-state index in [0.29, 0.717) is 30.5 Å². The normalized spacial score (nSPS) is 12.0. The Hall–Kier alpha value is -1.54. The summed E-state index contributed by atoms with van der Waals surface area (Å²) in [5.74, 6) is 0.886.